The zero-order valence-corrected chi connectivity index (χ0v) is 30.6. The standard InChI is InChI=1S/C40H34N4O14/c1-53-34-10-4-5-11-35(34)54-18-17-26-19-24(22-55-43(49)50)13-15-27(26)39(46)42-33(30-20-25(23-56-44(51)52)14-16-28(30)40(47)48)21-37(45)58-57-36-12-6-9-32-38(36)29-7-2-3-8-31(29)41-32/h2-16,19-20,33,41H,17-18,21-23H2,1H3,(H,42,46)(H,47,48). The molecule has 0 aliphatic carbocycles. The number of hydrogen-bond donors (Lipinski definition) is 3. The molecule has 6 rings (SSSR count). The van der Waals surface area contributed by atoms with Crippen molar-refractivity contribution in [2.75, 3.05) is 13.7 Å². The summed E-state index contributed by atoms with van der Waals surface area (Å²) in [5, 5.41) is 34.2. The highest BCUT2D eigenvalue weighted by atomic mass is 17.2. The van der Waals surface area contributed by atoms with E-state index in [0.717, 1.165) is 10.9 Å². The first kappa shape index (κ1) is 39.8. The van der Waals surface area contributed by atoms with E-state index in [4.69, 9.17) is 19.2 Å². The molecule has 1 unspecified atom stereocenters. The number of carboxylic acid groups (broad SMARTS) is 1. The van der Waals surface area contributed by atoms with Crippen LogP contribution in [0.25, 0.3) is 21.8 Å². The molecule has 0 fully saturated rings. The van der Waals surface area contributed by atoms with Gasteiger partial charge in [-0.25, -0.2) is 9.59 Å². The number of amides is 1. The molecule has 0 radical (unpaired) electrons. The van der Waals surface area contributed by atoms with E-state index in [2.05, 4.69) is 20.0 Å². The van der Waals surface area contributed by atoms with Crippen LogP contribution in [-0.2, 0) is 39.0 Å². The highest BCUT2D eigenvalue weighted by Crippen LogP contribution is 2.34. The maximum atomic E-state index is 14.2. The molecule has 1 amide bonds. The zero-order valence-electron chi connectivity index (χ0n) is 30.6. The number of fused-ring (bicyclic) bond motifs is 3. The van der Waals surface area contributed by atoms with Crippen LogP contribution in [0.1, 0.15) is 55.4 Å². The Morgan fingerprint density at radius 3 is 2.12 bits per heavy atom. The summed E-state index contributed by atoms with van der Waals surface area (Å²) in [7, 11) is 1.48. The second-order valence-corrected chi connectivity index (χ2v) is 12.6. The summed E-state index contributed by atoms with van der Waals surface area (Å²) in [6.07, 6.45) is -0.572. The number of aromatic amines is 1. The third-order valence-electron chi connectivity index (χ3n) is 8.90. The minimum Gasteiger partial charge on any atom is -0.493 e. The van der Waals surface area contributed by atoms with Crippen molar-refractivity contribution in [3.8, 4) is 17.2 Å². The second-order valence-electron chi connectivity index (χ2n) is 12.6. The number of hydrogen-bond acceptors (Lipinski definition) is 13. The van der Waals surface area contributed by atoms with Crippen LogP contribution in [0.5, 0.6) is 17.2 Å². The van der Waals surface area contributed by atoms with E-state index >= 15 is 0 Å². The molecule has 0 bridgehead atoms. The van der Waals surface area contributed by atoms with Gasteiger partial charge in [0.15, 0.2) is 17.2 Å². The van der Waals surface area contributed by atoms with Crippen LogP contribution in [0.4, 0.5) is 0 Å². The van der Waals surface area contributed by atoms with Gasteiger partial charge in [0, 0.05) is 22.9 Å². The van der Waals surface area contributed by atoms with Gasteiger partial charge in [0.2, 0.25) is 0 Å². The Morgan fingerprint density at radius 2 is 1.41 bits per heavy atom. The Bertz CT molecular complexity index is 2500. The Balaban J connectivity index is 1.30. The molecule has 58 heavy (non-hydrogen) atoms. The number of benzene rings is 5. The van der Waals surface area contributed by atoms with Crippen LogP contribution in [0, 0.1) is 20.2 Å². The first-order chi connectivity index (χ1) is 28.0. The van der Waals surface area contributed by atoms with E-state index in [1.54, 1.807) is 36.4 Å². The van der Waals surface area contributed by atoms with Gasteiger partial charge in [0.1, 0.15) is 13.2 Å². The SMILES string of the molecule is COc1ccccc1OCCc1cc(CO[N+](=O)[O-])ccc1C(=O)NC(CC(=O)OOc1cccc2[nH]c3ccccc3c12)c1cc(CO[N+](=O)[O-])ccc1C(=O)O. The van der Waals surface area contributed by atoms with Crippen LogP contribution in [0.2, 0.25) is 0 Å². The molecule has 0 aliphatic heterocycles. The summed E-state index contributed by atoms with van der Waals surface area (Å²) in [6, 6.07) is 26.1. The van der Waals surface area contributed by atoms with Gasteiger partial charge in [-0.1, -0.05) is 60.7 Å². The van der Waals surface area contributed by atoms with Crippen LogP contribution < -0.4 is 19.7 Å². The maximum absolute atomic E-state index is 14.2. The van der Waals surface area contributed by atoms with Crippen molar-refractivity contribution in [1.29, 1.82) is 0 Å². The fourth-order valence-electron chi connectivity index (χ4n) is 6.32. The lowest BCUT2D eigenvalue weighted by Gasteiger charge is -2.22. The van der Waals surface area contributed by atoms with Gasteiger partial charge in [0.05, 0.1) is 42.6 Å². The Hall–Kier alpha value is -7.89. The summed E-state index contributed by atoms with van der Waals surface area (Å²) in [5.74, 6) is -2.12. The Labute approximate surface area is 327 Å². The van der Waals surface area contributed by atoms with Crippen LogP contribution in [0.15, 0.2) is 103 Å². The van der Waals surface area contributed by atoms with E-state index in [-0.39, 0.29) is 41.0 Å². The number of carboxylic acids is 1. The number of ether oxygens (including phenoxy) is 2. The van der Waals surface area contributed by atoms with E-state index in [1.165, 1.54) is 43.5 Å². The number of nitrogens with one attached hydrogen (secondary N) is 2. The normalized spacial score (nSPS) is 11.3. The van der Waals surface area contributed by atoms with Crippen LogP contribution >= 0.6 is 0 Å². The van der Waals surface area contributed by atoms with Crippen LogP contribution in [0.3, 0.4) is 0 Å². The van der Waals surface area contributed by atoms with E-state index in [0.29, 0.717) is 33.5 Å². The summed E-state index contributed by atoms with van der Waals surface area (Å²) in [6.45, 7) is -0.956. The van der Waals surface area contributed by atoms with Crippen molar-refractivity contribution in [2.24, 2.45) is 0 Å². The van der Waals surface area contributed by atoms with E-state index < -0.39 is 53.7 Å². The highest BCUT2D eigenvalue weighted by molar-refractivity contribution is 6.10. The highest BCUT2D eigenvalue weighted by Gasteiger charge is 2.27. The van der Waals surface area contributed by atoms with Gasteiger partial charge in [-0.05, 0) is 64.7 Å². The number of methoxy groups -OCH3 is 1. The number of H-pyrrole nitrogens is 1. The Kier molecular flexibility index (Phi) is 12.5. The lowest BCUT2D eigenvalue weighted by atomic mass is 9.94. The van der Waals surface area contributed by atoms with Crippen LogP contribution in [-0.4, -0.2) is 51.8 Å². The van der Waals surface area contributed by atoms with Gasteiger partial charge >= 0.3 is 11.9 Å². The van der Waals surface area contributed by atoms with E-state index in [9.17, 15) is 39.7 Å². The number of carbonyl (C=O) groups is 3. The molecule has 18 heteroatoms. The van der Waals surface area contributed by atoms with Crippen molar-refractivity contribution < 1.29 is 58.6 Å². The molecular weight excluding hydrogens is 760 g/mol. The Morgan fingerprint density at radius 1 is 0.776 bits per heavy atom. The molecule has 0 saturated carbocycles. The first-order valence-corrected chi connectivity index (χ1v) is 17.5. The smallest absolute Gasteiger partial charge is 0.357 e. The second kappa shape index (κ2) is 18.2. The fourth-order valence-corrected chi connectivity index (χ4v) is 6.32. The molecule has 1 aromatic heterocycles. The van der Waals surface area contributed by atoms with Crippen molar-refractivity contribution in [2.45, 2.75) is 32.1 Å². The van der Waals surface area contributed by atoms with Crippen molar-refractivity contribution in [3.05, 3.63) is 157 Å². The molecule has 0 spiro atoms. The predicted octanol–water partition coefficient (Wildman–Crippen LogP) is 6.46. The summed E-state index contributed by atoms with van der Waals surface area (Å²) < 4.78 is 11.3. The minimum atomic E-state index is -1.42. The lowest BCUT2D eigenvalue weighted by molar-refractivity contribution is -0.763. The fraction of sp³-hybridized carbons (Fsp3) is 0.175. The number of nitrogens with zero attached hydrogens (tertiary/aromatic N) is 2. The van der Waals surface area contributed by atoms with Gasteiger partial charge < -0.3 is 34.6 Å². The topological polar surface area (TPSA) is 241 Å². The first-order valence-electron chi connectivity index (χ1n) is 17.5. The third-order valence-corrected chi connectivity index (χ3v) is 8.90. The molecule has 298 valence electrons. The third kappa shape index (κ3) is 9.66. The monoisotopic (exact) mass is 794 g/mol. The number of carbonyl (C=O) groups excluding carboxylic acids is 2. The molecule has 1 atom stereocenters. The van der Waals surface area contributed by atoms with Gasteiger partial charge in [-0.15, -0.1) is 20.2 Å². The number of rotatable bonds is 19. The molecule has 3 N–H and O–H groups in total. The molecule has 6 aromatic rings. The lowest BCUT2D eigenvalue weighted by Crippen LogP contribution is -2.33. The van der Waals surface area contributed by atoms with E-state index in [1.807, 2.05) is 30.3 Å². The summed E-state index contributed by atoms with van der Waals surface area (Å²) in [4.78, 5) is 85.1. The van der Waals surface area contributed by atoms with Crippen molar-refractivity contribution >= 4 is 39.7 Å². The van der Waals surface area contributed by atoms with Gasteiger partial charge in [-0.3, -0.25) is 14.6 Å². The molecule has 5 aromatic carbocycles. The number of para-hydroxylation sites is 3. The van der Waals surface area contributed by atoms with Gasteiger partial charge in [-0.2, -0.15) is 0 Å². The molecule has 1 heterocycles. The quantitative estimate of drug-likeness (QED) is 0.0453. The largest absolute Gasteiger partial charge is 0.493 e. The zero-order chi connectivity index (χ0) is 41.2. The van der Waals surface area contributed by atoms with Crippen molar-refractivity contribution in [3.63, 3.8) is 0 Å². The molecular formula is C40H34N4O14. The predicted molar refractivity (Wildman–Crippen MR) is 203 cm³/mol. The number of aromatic carboxylic acids is 1. The minimum absolute atomic E-state index is 0.0259. The molecule has 0 saturated heterocycles. The molecule has 0 aliphatic rings. The number of aromatic nitrogens is 1. The molecule has 18 nitrogen and oxygen atoms in total. The summed E-state index contributed by atoms with van der Waals surface area (Å²) >= 11 is 0. The average molecular weight is 795 g/mol. The average Bonchev–Trinajstić information content (AvgIpc) is 3.60. The summed E-state index contributed by atoms with van der Waals surface area (Å²) in [5.41, 5.74) is 2.03. The van der Waals surface area contributed by atoms with Crippen molar-refractivity contribution in [1.82, 2.24) is 10.3 Å². The van der Waals surface area contributed by atoms with Gasteiger partial charge in [0.25, 0.3) is 16.1 Å². The maximum Gasteiger partial charge on any atom is 0.357 e.